The van der Waals surface area contributed by atoms with Crippen molar-refractivity contribution in [2.45, 2.75) is 26.2 Å². The number of pyridine rings is 1. The fourth-order valence-corrected chi connectivity index (χ4v) is 4.77. The second-order valence-corrected chi connectivity index (χ2v) is 9.47. The number of para-hydroxylation sites is 1. The van der Waals surface area contributed by atoms with Crippen LogP contribution in [0.1, 0.15) is 61.1 Å². The van der Waals surface area contributed by atoms with E-state index in [4.69, 9.17) is 27.6 Å². The quantitative estimate of drug-likeness (QED) is 0.309. The number of hydrogen-bond acceptors (Lipinski definition) is 6. The Labute approximate surface area is 227 Å². The van der Waals surface area contributed by atoms with Crippen LogP contribution < -0.4 is 16.3 Å². The van der Waals surface area contributed by atoms with E-state index in [1.807, 2.05) is 30.3 Å². The number of halogens is 2. The van der Waals surface area contributed by atoms with Gasteiger partial charge in [-0.15, -0.1) is 0 Å². The van der Waals surface area contributed by atoms with Crippen LogP contribution in [0.5, 0.6) is 0 Å². The number of hydrogen-bond donors (Lipinski definition) is 3. The molecule has 0 spiro atoms. The highest BCUT2D eigenvalue weighted by Gasteiger charge is 2.28. The summed E-state index contributed by atoms with van der Waals surface area (Å²) in [7, 11) is 0. The van der Waals surface area contributed by atoms with Gasteiger partial charge in [-0.3, -0.25) is 25.2 Å². The third kappa shape index (κ3) is 5.11. The summed E-state index contributed by atoms with van der Waals surface area (Å²) >= 11 is 11.9. The number of carbonyl (C=O) groups is 3. The van der Waals surface area contributed by atoms with Crippen molar-refractivity contribution in [3.8, 4) is 0 Å². The molecule has 2 aromatic heterocycles. The van der Waals surface area contributed by atoms with Crippen molar-refractivity contribution in [3.63, 3.8) is 0 Å². The normalized spacial score (nSPS) is 13.7. The van der Waals surface area contributed by atoms with Gasteiger partial charge in [-0.25, -0.2) is 10.4 Å². The van der Waals surface area contributed by atoms with Crippen LogP contribution in [0.3, 0.4) is 0 Å². The van der Waals surface area contributed by atoms with Crippen LogP contribution in [0.4, 0.5) is 0 Å². The zero-order valence-electron chi connectivity index (χ0n) is 20.1. The van der Waals surface area contributed by atoms with E-state index in [1.54, 1.807) is 13.0 Å². The molecule has 4 aromatic rings. The van der Waals surface area contributed by atoms with Crippen molar-refractivity contribution in [1.82, 2.24) is 21.3 Å². The Morgan fingerprint density at radius 3 is 2.55 bits per heavy atom. The first-order chi connectivity index (χ1) is 18.3. The van der Waals surface area contributed by atoms with Crippen molar-refractivity contribution in [2.75, 3.05) is 0 Å². The molecule has 0 saturated heterocycles. The second kappa shape index (κ2) is 10.6. The zero-order chi connectivity index (χ0) is 26.8. The molecule has 192 valence electrons. The largest absolute Gasteiger partial charge is 0.455 e. The molecule has 1 aliphatic carbocycles. The molecule has 1 aliphatic rings. The van der Waals surface area contributed by atoms with Gasteiger partial charge in [-0.2, -0.15) is 5.10 Å². The number of nitrogens with one attached hydrogen (secondary N) is 3. The van der Waals surface area contributed by atoms with Crippen LogP contribution in [0.2, 0.25) is 10.0 Å². The lowest BCUT2D eigenvalue weighted by atomic mass is 9.93. The van der Waals surface area contributed by atoms with Gasteiger partial charge < -0.3 is 4.42 Å². The lowest BCUT2D eigenvalue weighted by molar-refractivity contribution is 0.0829. The zero-order valence-corrected chi connectivity index (χ0v) is 21.6. The molecule has 11 heteroatoms. The number of benzene rings is 2. The molecule has 0 aliphatic heterocycles. The number of amides is 3. The molecule has 0 bridgehead atoms. The summed E-state index contributed by atoms with van der Waals surface area (Å²) in [5, 5.41) is 5.80. The van der Waals surface area contributed by atoms with Crippen LogP contribution in [-0.4, -0.2) is 28.4 Å². The summed E-state index contributed by atoms with van der Waals surface area (Å²) < 4.78 is 5.83. The number of hydrazone groups is 1. The summed E-state index contributed by atoms with van der Waals surface area (Å²) in [4.78, 5) is 42.4. The molecule has 0 atom stereocenters. The van der Waals surface area contributed by atoms with Gasteiger partial charge in [0.15, 0.2) is 5.76 Å². The van der Waals surface area contributed by atoms with Gasteiger partial charge >= 0.3 is 5.91 Å². The lowest BCUT2D eigenvalue weighted by Crippen LogP contribution is -2.41. The minimum Gasteiger partial charge on any atom is -0.455 e. The van der Waals surface area contributed by atoms with Gasteiger partial charge in [0.05, 0.1) is 21.8 Å². The SMILES string of the molecule is Cc1c(C(=O)NNC(=O)c2ccc(Cl)cc2Cl)oc2c1/C(=N/NC(=O)c1ccc3ccccc3n1)CCC2. The minimum atomic E-state index is -0.640. The maximum atomic E-state index is 12.8. The highest BCUT2D eigenvalue weighted by Crippen LogP contribution is 2.30. The van der Waals surface area contributed by atoms with Crippen molar-refractivity contribution in [2.24, 2.45) is 5.10 Å². The lowest BCUT2D eigenvalue weighted by Gasteiger charge is -2.13. The summed E-state index contributed by atoms with van der Waals surface area (Å²) in [5.74, 6) is -1.07. The van der Waals surface area contributed by atoms with Gasteiger partial charge in [0.25, 0.3) is 11.8 Å². The Balaban J connectivity index is 1.30. The van der Waals surface area contributed by atoms with Crippen molar-refractivity contribution in [3.05, 3.63) is 98.5 Å². The standard InChI is InChI=1S/C27H21Cl2N5O4/c1-14-23-20(31-33-26(36)21-12-9-15-5-2-3-6-19(15)30-21)7-4-8-22(23)38-24(14)27(37)34-32-25(35)17-11-10-16(28)13-18(17)29/h2-3,5-6,9-13H,4,7-8H2,1H3,(H,32,35)(H,33,36)(H,34,37)/b31-20+. The molecule has 5 rings (SSSR count). The van der Waals surface area contributed by atoms with E-state index in [2.05, 4.69) is 26.4 Å². The third-order valence-electron chi connectivity index (χ3n) is 6.12. The molecule has 0 saturated carbocycles. The molecule has 0 fully saturated rings. The number of fused-ring (bicyclic) bond motifs is 2. The van der Waals surface area contributed by atoms with Gasteiger partial charge in [0.1, 0.15) is 11.5 Å². The summed E-state index contributed by atoms with van der Waals surface area (Å²) in [6, 6.07) is 15.4. The first-order valence-electron chi connectivity index (χ1n) is 11.7. The molecule has 3 N–H and O–H groups in total. The van der Waals surface area contributed by atoms with E-state index >= 15 is 0 Å². The molecule has 2 heterocycles. The topological polar surface area (TPSA) is 126 Å². The van der Waals surface area contributed by atoms with E-state index in [0.29, 0.717) is 46.0 Å². The predicted molar refractivity (Wildman–Crippen MR) is 144 cm³/mol. The summed E-state index contributed by atoms with van der Waals surface area (Å²) in [6.45, 7) is 1.72. The van der Waals surface area contributed by atoms with Crippen LogP contribution in [0, 0.1) is 6.92 Å². The number of hydrazine groups is 1. The molecular weight excluding hydrogens is 529 g/mol. The van der Waals surface area contributed by atoms with Gasteiger partial charge in [-0.1, -0.05) is 47.5 Å². The molecule has 0 unspecified atom stereocenters. The monoisotopic (exact) mass is 549 g/mol. The third-order valence-corrected chi connectivity index (χ3v) is 6.67. The molecule has 38 heavy (non-hydrogen) atoms. The maximum Gasteiger partial charge on any atom is 0.305 e. The number of nitrogens with zero attached hydrogens (tertiary/aromatic N) is 2. The van der Waals surface area contributed by atoms with E-state index < -0.39 is 17.7 Å². The van der Waals surface area contributed by atoms with Crippen molar-refractivity contribution in [1.29, 1.82) is 0 Å². The van der Waals surface area contributed by atoms with Gasteiger partial charge in [-0.05, 0) is 50.1 Å². The fourth-order valence-electron chi connectivity index (χ4n) is 4.28. The number of aromatic nitrogens is 1. The number of carbonyl (C=O) groups excluding carboxylic acids is 3. The Bertz CT molecular complexity index is 1630. The Morgan fingerprint density at radius 2 is 1.74 bits per heavy atom. The van der Waals surface area contributed by atoms with Crippen LogP contribution in [0.15, 0.2) is 64.1 Å². The number of rotatable bonds is 4. The minimum absolute atomic E-state index is 0.0367. The van der Waals surface area contributed by atoms with Crippen LogP contribution in [0.25, 0.3) is 10.9 Å². The predicted octanol–water partition coefficient (Wildman–Crippen LogP) is 4.99. The van der Waals surface area contributed by atoms with E-state index in [9.17, 15) is 14.4 Å². The van der Waals surface area contributed by atoms with Crippen molar-refractivity contribution < 1.29 is 18.8 Å². The average Bonchev–Trinajstić information content (AvgIpc) is 3.26. The molecule has 3 amide bonds. The Morgan fingerprint density at radius 1 is 0.947 bits per heavy atom. The van der Waals surface area contributed by atoms with E-state index in [-0.39, 0.29) is 22.0 Å². The average molecular weight is 550 g/mol. The summed E-state index contributed by atoms with van der Waals surface area (Å²) in [5.41, 5.74) is 10.2. The fraction of sp³-hybridized carbons (Fsp3) is 0.148. The first-order valence-corrected chi connectivity index (χ1v) is 12.5. The van der Waals surface area contributed by atoms with Crippen molar-refractivity contribution >= 4 is 57.5 Å². The molecular formula is C27H21Cl2N5O4. The molecule has 9 nitrogen and oxygen atoms in total. The van der Waals surface area contributed by atoms with Crippen LogP contribution >= 0.6 is 23.2 Å². The Hall–Kier alpha value is -4.21. The van der Waals surface area contributed by atoms with E-state index in [1.165, 1.54) is 18.2 Å². The van der Waals surface area contributed by atoms with Gasteiger partial charge in [0, 0.05) is 28.0 Å². The Kier molecular flexibility index (Phi) is 7.13. The number of aryl methyl sites for hydroxylation is 1. The highest BCUT2D eigenvalue weighted by molar-refractivity contribution is 6.36. The first kappa shape index (κ1) is 25.4. The maximum absolute atomic E-state index is 12.8. The number of furan rings is 1. The van der Waals surface area contributed by atoms with Crippen LogP contribution in [-0.2, 0) is 6.42 Å². The highest BCUT2D eigenvalue weighted by atomic mass is 35.5. The summed E-state index contributed by atoms with van der Waals surface area (Å²) in [6.07, 6.45) is 1.93. The van der Waals surface area contributed by atoms with Gasteiger partial charge in [0.2, 0.25) is 0 Å². The molecule has 2 aromatic carbocycles. The van der Waals surface area contributed by atoms with E-state index in [0.717, 1.165) is 11.8 Å². The molecule has 0 radical (unpaired) electrons. The second-order valence-electron chi connectivity index (χ2n) is 8.63. The smallest absolute Gasteiger partial charge is 0.305 e.